The predicted molar refractivity (Wildman–Crippen MR) is 70.8 cm³/mol. The number of carbonyl (C=O) groups excluding carboxylic acids is 1. The van der Waals surface area contributed by atoms with Crippen LogP contribution >= 0.6 is 11.8 Å². The summed E-state index contributed by atoms with van der Waals surface area (Å²) in [6.07, 6.45) is 0. The average Bonchev–Trinajstić information content (AvgIpc) is 2.24. The smallest absolute Gasteiger partial charge is 0.186 e. The minimum absolute atomic E-state index is 0.107. The molecule has 3 heteroatoms. The van der Waals surface area contributed by atoms with Gasteiger partial charge in [-0.3, -0.25) is 4.79 Å². The molecule has 0 saturated heterocycles. The van der Waals surface area contributed by atoms with Crippen molar-refractivity contribution in [2.45, 2.75) is 6.92 Å². The highest BCUT2D eigenvalue weighted by Crippen LogP contribution is 2.16. The van der Waals surface area contributed by atoms with Gasteiger partial charge in [-0.1, -0.05) is 35.7 Å². The Bertz CT molecular complexity index is 429. The Morgan fingerprint density at radius 1 is 1.38 bits per heavy atom. The van der Waals surface area contributed by atoms with Crippen LogP contribution in [0.5, 0.6) is 0 Å². The van der Waals surface area contributed by atoms with E-state index in [0.717, 1.165) is 11.3 Å². The molecular formula is C13H15NOS. The van der Waals surface area contributed by atoms with E-state index >= 15 is 0 Å². The van der Waals surface area contributed by atoms with Crippen LogP contribution in [0.15, 0.2) is 24.3 Å². The summed E-state index contributed by atoms with van der Waals surface area (Å²) in [5.74, 6) is 6.63. The number of thioether (sulfide) groups is 1. The molecule has 0 saturated carbocycles. The summed E-state index contributed by atoms with van der Waals surface area (Å²) in [6, 6.07) is 7.98. The van der Waals surface area contributed by atoms with Crippen LogP contribution in [0, 0.1) is 11.8 Å². The molecular weight excluding hydrogens is 218 g/mol. The van der Waals surface area contributed by atoms with Gasteiger partial charge < -0.3 is 4.90 Å². The lowest BCUT2D eigenvalue weighted by molar-refractivity contribution is -0.109. The Kier molecular flexibility index (Phi) is 4.94. The van der Waals surface area contributed by atoms with Gasteiger partial charge in [0.05, 0.1) is 11.4 Å². The molecule has 1 aromatic rings. The number of hydrogen-bond acceptors (Lipinski definition) is 3. The van der Waals surface area contributed by atoms with Crippen molar-refractivity contribution in [3.8, 4) is 11.8 Å². The Balaban J connectivity index is 2.76. The van der Waals surface area contributed by atoms with Gasteiger partial charge in [-0.15, -0.1) is 0 Å². The molecule has 0 aliphatic rings. The summed E-state index contributed by atoms with van der Waals surface area (Å²) >= 11 is 1.24. The molecule has 0 bridgehead atoms. The third-order valence-electron chi connectivity index (χ3n) is 1.96. The Labute approximate surface area is 101 Å². The first-order valence-corrected chi connectivity index (χ1v) is 5.98. The van der Waals surface area contributed by atoms with Gasteiger partial charge >= 0.3 is 0 Å². The molecule has 1 aromatic carbocycles. The highest BCUT2D eigenvalue weighted by molar-refractivity contribution is 8.13. The SMILES string of the molecule is CC(=O)SCC#Cc1ccccc1N(C)C. The van der Waals surface area contributed by atoms with Crippen molar-refractivity contribution in [3.63, 3.8) is 0 Å². The van der Waals surface area contributed by atoms with E-state index in [1.54, 1.807) is 6.92 Å². The number of carbonyl (C=O) groups is 1. The summed E-state index contributed by atoms with van der Waals surface area (Å²) in [4.78, 5) is 12.7. The van der Waals surface area contributed by atoms with E-state index in [1.165, 1.54) is 11.8 Å². The lowest BCUT2D eigenvalue weighted by atomic mass is 10.2. The van der Waals surface area contributed by atoms with Gasteiger partial charge in [-0.2, -0.15) is 0 Å². The summed E-state index contributed by atoms with van der Waals surface area (Å²) in [5.41, 5.74) is 2.10. The first kappa shape index (κ1) is 12.7. The van der Waals surface area contributed by atoms with E-state index < -0.39 is 0 Å². The van der Waals surface area contributed by atoms with Crippen molar-refractivity contribution in [2.24, 2.45) is 0 Å². The van der Waals surface area contributed by atoms with Gasteiger partial charge in [0.1, 0.15) is 0 Å². The van der Waals surface area contributed by atoms with Crippen molar-refractivity contribution >= 4 is 22.6 Å². The number of hydrogen-bond donors (Lipinski definition) is 0. The van der Waals surface area contributed by atoms with Gasteiger partial charge in [-0.25, -0.2) is 0 Å². The van der Waals surface area contributed by atoms with Gasteiger partial charge in [0, 0.05) is 26.6 Å². The van der Waals surface area contributed by atoms with E-state index in [4.69, 9.17) is 0 Å². The van der Waals surface area contributed by atoms with E-state index in [1.807, 2.05) is 43.3 Å². The quantitative estimate of drug-likeness (QED) is 0.732. The maximum Gasteiger partial charge on any atom is 0.186 e. The number of anilines is 1. The monoisotopic (exact) mass is 233 g/mol. The first-order valence-electron chi connectivity index (χ1n) is 5.00. The maximum absolute atomic E-state index is 10.7. The van der Waals surface area contributed by atoms with Crippen LogP contribution in [0.1, 0.15) is 12.5 Å². The molecule has 0 fully saturated rings. The van der Waals surface area contributed by atoms with E-state index in [2.05, 4.69) is 11.8 Å². The second kappa shape index (κ2) is 6.24. The summed E-state index contributed by atoms with van der Waals surface area (Å²) < 4.78 is 0. The molecule has 0 atom stereocenters. The van der Waals surface area contributed by atoms with Crippen LogP contribution in [0.25, 0.3) is 0 Å². The molecule has 16 heavy (non-hydrogen) atoms. The minimum atomic E-state index is 0.107. The highest BCUT2D eigenvalue weighted by atomic mass is 32.2. The van der Waals surface area contributed by atoms with Gasteiger partial charge in [-0.05, 0) is 12.1 Å². The lowest BCUT2D eigenvalue weighted by Crippen LogP contribution is -2.10. The number of nitrogens with zero attached hydrogens (tertiary/aromatic N) is 1. The zero-order valence-electron chi connectivity index (χ0n) is 9.78. The van der Waals surface area contributed by atoms with Crippen molar-refractivity contribution in [3.05, 3.63) is 29.8 Å². The molecule has 84 valence electrons. The second-order valence-electron chi connectivity index (χ2n) is 3.49. The number of para-hydroxylation sites is 1. The first-order chi connectivity index (χ1) is 7.61. The van der Waals surface area contributed by atoms with Crippen molar-refractivity contribution in [1.29, 1.82) is 0 Å². The van der Waals surface area contributed by atoms with Crippen LogP contribution in [0.3, 0.4) is 0 Å². The van der Waals surface area contributed by atoms with E-state index in [0.29, 0.717) is 5.75 Å². The van der Waals surface area contributed by atoms with Crippen LogP contribution in [-0.2, 0) is 4.79 Å². The van der Waals surface area contributed by atoms with Gasteiger partial charge in [0.2, 0.25) is 0 Å². The molecule has 0 heterocycles. The maximum atomic E-state index is 10.7. The number of benzene rings is 1. The molecule has 0 aliphatic heterocycles. The standard InChI is InChI=1S/C13H15NOS/c1-11(15)16-10-6-8-12-7-4-5-9-13(12)14(2)3/h4-5,7,9H,10H2,1-3H3. The average molecular weight is 233 g/mol. The van der Waals surface area contributed by atoms with Gasteiger partial charge in [0.25, 0.3) is 0 Å². The fourth-order valence-corrected chi connectivity index (χ4v) is 1.59. The van der Waals surface area contributed by atoms with Crippen LogP contribution < -0.4 is 4.90 Å². The van der Waals surface area contributed by atoms with Crippen LogP contribution in [0.2, 0.25) is 0 Å². The summed E-state index contributed by atoms with van der Waals surface area (Å²) in [6.45, 7) is 1.56. The zero-order valence-corrected chi connectivity index (χ0v) is 10.6. The van der Waals surface area contributed by atoms with E-state index in [-0.39, 0.29) is 5.12 Å². The zero-order chi connectivity index (χ0) is 12.0. The van der Waals surface area contributed by atoms with Crippen molar-refractivity contribution < 1.29 is 4.79 Å². The molecule has 1 rings (SSSR count). The Morgan fingerprint density at radius 3 is 2.69 bits per heavy atom. The topological polar surface area (TPSA) is 20.3 Å². The lowest BCUT2D eigenvalue weighted by Gasteiger charge is -2.13. The Hall–Kier alpha value is -1.40. The van der Waals surface area contributed by atoms with Gasteiger partial charge in [0.15, 0.2) is 5.12 Å². The van der Waals surface area contributed by atoms with Crippen molar-refractivity contribution in [1.82, 2.24) is 0 Å². The van der Waals surface area contributed by atoms with Crippen molar-refractivity contribution in [2.75, 3.05) is 24.7 Å². The van der Waals surface area contributed by atoms with Crippen LogP contribution in [-0.4, -0.2) is 25.0 Å². The normalized spacial score (nSPS) is 9.19. The largest absolute Gasteiger partial charge is 0.377 e. The molecule has 0 unspecified atom stereocenters. The molecule has 0 aromatic heterocycles. The van der Waals surface area contributed by atoms with Crippen LogP contribution in [0.4, 0.5) is 5.69 Å². The molecule has 0 aliphatic carbocycles. The molecule has 0 amide bonds. The highest BCUT2D eigenvalue weighted by Gasteiger charge is 1.99. The molecule has 0 N–H and O–H groups in total. The van der Waals surface area contributed by atoms with E-state index in [9.17, 15) is 4.79 Å². The predicted octanol–water partition coefficient (Wildman–Crippen LogP) is 2.38. The molecule has 0 radical (unpaired) electrons. The fraction of sp³-hybridized carbons (Fsp3) is 0.308. The molecule has 2 nitrogen and oxygen atoms in total. The Morgan fingerprint density at radius 2 is 2.06 bits per heavy atom. The summed E-state index contributed by atoms with van der Waals surface area (Å²) in [7, 11) is 3.98. The third kappa shape index (κ3) is 4.00. The second-order valence-corrected chi connectivity index (χ2v) is 4.65. The number of rotatable bonds is 2. The molecule has 0 spiro atoms. The third-order valence-corrected chi connectivity index (χ3v) is 2.65. The minimum Gasteiger partial charge on any atom is -0.377 e. The fourth-order valence-electron chi connectivity index (χ4n) is 1.24. The summed E-state index contributed by atoms with van der Waals surface area (Å²) in [5, 5.41) is 0.107.